The van der Waals surface area contributed by atoms with Gasteiger partial charge in [0.2, 0.25) is 0 Å². The Bertz CT molecular complexity index is 533. The summed E-state index contributed by atoms with van der Waals surface area (Å²) in [4.78, 5) is 0. The number of hydrogen-bond acceptors (Lipinski definition) is 4. The summed E-state index contributed by atoms with van der Waals surface area (Å²) in [5.74, 6) is 0.839. The van der Waals surface area contributed by atoms with Gasteiger partial charge in [0.05, 0.1) is 17.1 Å². The Kier molecular flexibility index (Phi) is 2.25. The largest absolute Gasteiger partial charge is 0.488 e. The van der Waals surface area contributed by atoms with E-state index < -0.39 is 15.4 Å². The highest BCUT2D eigenvalue weighted by Gasteiger charge is 2.42. The molecule has 0 bridgehead atoms. The molecule has 3 rings (SSSR count). The van der Waals surface area contributed by atoms with Gasteiger partial charge < -0.3 is 9.84 Å². The molecule has 5 heteroatoms. The molecule has 1 heterocycles. The topological polar surface area (TPSA) is 63.6 Å². The lowest BCUT2D eigenvalue weighted by Crippen LogP contribution is -2.45. The van der Waals surface area contributed by atoms with Crippen LogP contribution in [0.3, 0.4) is 0 Å². The van der Waals surface area contributed by atoms with Gasteiger partial charge in [-0.2, -0.15) is 0 Å². The molecule has 0 atom stereocenters. The lowest BCUT2D eigenvalue weighted by molar-refractivity contribution is 0.150. The molecule has 0 amide bonds. The van der Waals surface area contributed by atoms with Crippen LogP contribution in [0, 0.1) is 0 Å². The highest BCUT2D eigenvalue weighted by atomic mass is 32.2. The Labute approximate surface area is 100 Å². The van der Waals surface area contributed by atoms with Crippen molar-refractivity contribution in [3.63, 3.8) is 0 Å². The van der Waals surface area contributed by atoms with E-state index in [1.165, 1.54) is 0 Å². The van der Waals surface area contributed by atoms with Crippen LogP contribution in [0.1, 0.15) is 18.4 Å². The summed E-state index contributed by atoms with van der Waals surface area (Å²) >= 11 is 0. The molecule has 0 unspecified atom stereocenters. The summed E-state index contributed by atoms with van der Waals surface area (Å²) in [6.07, 6.45) is 1.34. The second-order valence-corrected chi connectivity index (χ2v) is 7.03. The number of benzene rings is 1. The highest BCUT2D eigenvalue weighted by molar-refractivity contribution is 7.92. The third-order valence-electron chi connectivity index (χ3n) is 3.28. The average molecular weight is 254 g/mol. The zero-order valence-corrected chi connectivity index (χ0v) is 10.1. The standard InChI is InChI=1S/C12H14O4S/c13-12(4-5-12)9-2-1-3-10(6-9)16-11-7-17(14,15)8-11/h1-3,6,11,13H,4-5,7-8H2. The van der Waals surface area contributed by atoms with Crippen molar-refractivity contribution in [1.29, 1.82) is 0 Å². The molecule has 1 N–H and O–H groups in total. The van der Waals surface area contributed by atoms with Gasteiger partial charge in [-0.1, -0.05) is 12.1 Å². The fraction of sp³-hybridized carbons (Fsp3) is 0.500. The van der Waals surface area contributed by atoms with Gasteiger partial charge in [-0.05, 0) is 30.5 Å². The normalized spacial score (nSPS) is 25.0. The first-order valence-corrected chi connectivity index (χ1v) is 7.49. The van der Waals surface area contributed by atoms with Crippen molar-refractivity contribution in [3.05, 3.63) is 29.8 Å². The third-order valence-corrected chi connectivity index (χ3v) is 5.04. The van der Waals surface area contributed by atoms with Gasteiger partial charge in [-0.15, -0.1) is 0 Å². The molecule has 1 saturated heterocycles. The van der Waals surface area contributed by atoms with Gasteiger partial charge in [0, 0.05) is 0 Å². The summed E-state index contributed by atoms with van der Waals surface area (Å²) in [5.41, 5.74) is 0.183. The van der Waals surface area contributed by atoms with E-state index in [1.807, 2.05) is 12.1 Å². The Balaban J connectivity index is 1.72. The number of hydrogen-bond donors (Lipinski definition) is 1. The molecule has 2 fully saturated rings. The van der Waals surface area contributed by atoms with Crippen LogP contribution < -0.4 is 4.74 Å². The first-order valence-electron chi connectivity index (χ1n) is 5.67. The maximum Gasteiger partial charge on any atom is 0.157 e. The second-order valence-electron chi connectivity index (χ2n) is 4.88. The maximum atomic E-state index is 11.0. The smallest absolute Gasteiger partial charge is 0.157 e. The van der Waals surface area contributed by atoms with E-state index >= 15 is 0 Å². The quantitative estimate of drug-likeness (QED) is 0.868. The van der Waals surface area contributed by atoms with Gasteiger partial charge in [0.25, 0.3) is 0 Å². The summed E-state index contributed by atoms with van der Waals surface area (Å²) < 4.78 is 27.6. The third kappa shape index (κ3) is 2.17. The minimum absolute atomic E-state index is 0.0987. The van der Waals surface area contributed by atoms with Crippen LogP contribution in [0.15, 0.2) is 24.3 Å². The lowest BCUT2D eigenvalue weighted by atomic mass is 10.1. The van der Waals surface area contributed by atoms with Crippen LogP contribution in [-0.4, -0.2) is 31.1 Å². The molecular formula is C12H14O4S. The predicted octanol–water partition coefficient (Wildman–Crippen LogP) is 0.844. The molecule has 4 nitrogen and oxygen atoms in total. The van der Waals surface area contributed by atoms with Crippen molar-refractivity contribution >= 4 is 9.84 Å². The molecule has 92 valence electrons. The SMILES string of the molecule is O=S1(=O)CC(Oc2cccc(C3(O)CC3)c2)C1. The molecule has 1 aromatic carbocycles. The predicted molar refractivity (Wildman–Crippen MR) is 62.6 cm³/mol. The Morgan fingerprint density at radius 1 is 1.29 bits per heavy atom. The molecule has 0 spiro atoms. The van der Waals surface area contributed by atoms with Crippen LogP contribution in [0.5, 0.6) is 5.75 Å². The van der Waals surface area contributed by atoms with Crippen LogP contribution in [0.2, 0.25) is 0 Å². The fourth-order valence-corrected chi connectivity index (χ4v) is 3.22. The zero-order chi connectivity index (χ0) is 12.1. The van der Waals surface area contributed by atoms with Crippen molar-refractivity contribution in [2.24, 2.45) is 0 Å². The van der Waals surface area contributed by atoms with E-state index in [2.05, 4.69) is 0 Å². The Hall–Kier alpha value is -1.07. The fourth-order valence-electron chi connectivity index (χ4n) is 2.04. The number of ether oxygens (including phenoxy) is 1. The molecule has 0 radical (unpaired) electrons. The van der Waals surface area contributed by atoms with Crippen molar-refractivity contribution in [1.82, 2.24) is 0 Å². The first kappa shape index (κ1) is 11.0. The van der Waals surface area contributed by atoms with E-state index in [4.69, 9.17) is 4.74 Å². The van der Waals surface area contributed by atoms with Crippen LogP contribution >= 0.6 is 0 Å². The van der Waals surface area contributed by atoms with Crippen LogP contribution in [-0.2, 0) is 15.4 Å². The Morgan fingerprint density at radius 3 is 2.59 bits per heavy atom. The molecule has 1 saturated carbocycles. The molecule has 2 aliphatic rings. The van der Waals surface area contributed by atoms with Gasteiger partial charge in [0.15, 0.2) is 9.84 Å². The van der Waals surface area contributed by atoms with E-state index in [1.54, 1.807) is 12.1 Å². The summed E-state index contributed by atoms with van der Waals surface area (Å²) in [6.45, 7) is 0. The number of rotatable bonds is 3. The lowest BCUT2D eigenvalue weighted by Gasteiger charge is -2.26. The minimum Gasteiger partial charge on any atom is -0.488 e. The van der Waals surface area contributed by atoms with E-state index in [0.717, 1.165) is 18.4 Å². The molecule has 1 aromatic rings. The average Bonchev–Trinajstić information content (AvgIpc) is 2.96. The van der Waals surface area contributed by atoms with Gasteiger partial charge >= 0.3 is 0 Å². The number of aliphatic hydroxyl groups is 1. The first-order chi connectivity index (χ1) is 7.97. The van der Waals surface area contributed by atoms with Crippen molar-refractivity contribution in [3.8, 4) is 5.75 Å². The van der Waals surface area contributed by atoms with Crippen molar-refractivity contribution in [2.45, 2.75) is 24.5 Å². The second kappa shape index (κ2) is 3.46. The molecule has 0 aromatic heterocycles. The molecule has 1 aliphatic carbocycles. The van der Waals surface area contributed by atoms with Crippen LogP contribution in [0.25, 0.3) is 0 Å². The summed E-state index contributed by atoms with van der Waals surface area (Å²) in [6, 6.07) is 7.30. The van der Waals surface area contributed by atoms with E-state index in [0.29, 0.717) is 5.75 Å². The highest BCUT2D eigenvalue weighted by Crippen LogP contribution is 2.45. The summed E-state index contributed by atoms with van der Waals surface area (Å²) in [7, 11) is -2.85. The van der Waals surface area contributed by atoms with Crippen LogP contribution in [0.4, 0.5) is 0 Å². The molecule has 1 aliphatic heterocycles. The minimum atomic E-state index is -2.85. The molecular weight excluding hydrogens is 240 g/mol. The monoisotopic (exact) mass is 254 g/mol. The Morgan fingerprint density at radius 2 is 2.00 bits per heavy atom. The van der Waals surface area contributed by atoms with Gasteiger partial charge in [-0.25, -0.2) is 8.42 Å². The summed E-state index contributed by atoms with van der Waals surface area (Å²) in [5, 5.41) is 9.96. The van der Waals surface area contributed by atoms with E-state index in [9.17, 15) is 13.5 Å². The maximum absolute atomic E-state index is 11.0. The van der Waals surface area contributed by atoms with E-state index in [-0.39, 0.29) is 17.6 Å². The van der Waals surface area contributed by atoms with Gasteiger partial charge in [0.1, 0.15) is 11.9 Å². The number of sulfone groups is 1. The van der Waals surface area contributed by atoms with Crippen molar-refractivity contribution in [2.75, 3.05) is 11.5 Å². The van der Waals surface area contributed by atoms with Crippen molar-refractivity contribution < 1.29 is 18.3 Å². The molecule has 17 heavy (non-hydrogen) atoms. The van der Waals surface area contributed by atoms with Gasteiger partial charge in [-0.3, -0.25) is 0 Å². The zero-order valence-electron chi connectivity index (χ0n) is 9.30.